The second-order valence-corrected chi connectivity index (χ2v) is 11.6. The van der Waals surface area contributed by atoms with Gasteiger partial charge in [0.1, 0.15) is 17.5 Å². The second-order valence-electron chi connectivity index (χ2n) is 11.2. The molecule has 2 bridgehead atoms. The minimum atomic E-state index is -1.21. The third kappa shape index (κ3) is 4.16. The van der Waals surface area contributed by atoms with E-state index in [2.05, 4.69) is 24.5 Å². The number of hydrogen-bond acceptors (Lipinski definition) is 4. The largest absolute Gasteiger partial charge is 0.359 e. The first-order valence-electron chi connectivity index (χ1n) is 13.3. The van der Waals surface area contributed by atoms with Gasteiger partial charge in [0.15, 0.2) is 0 Å². The highest BCUT2D eigenvalue weighted by Crippen LogP contribution is 2.56. The van der Waals surface area contributed by atoms with Crippen LogP contribution in [-0.2, 0) is 19.1 Å². The predicted molar refractivity (Wildman–Crippen MR) is 138 cm³/mol. The molecule has 0 radical (unpaired) electrons. The summed E-state index contributed by atoms with van der Waals surface area (Å²) >= 11 is 5.89. The maximum Gasteiger partial charge on any atom is 0.246 e. The number of anilines is 1. The van der Waals surface area contributed by atoms with Crippen molar-refractivity contribution in [2.24, 2.45) is 23.7 Å². The maximum atomic E-state index is 13.9. The van der Waals surface area contributed by atoms with Crippen molar-refractivity contribution in [1.82, 2.24) is 10.2 Å². The number of amides is 3. The first-order valence-corrected chi connectivity index (χ1v) is 13.7. The Morgan fingerprint density at radius 2 is 2.03 bits per heavy atom. The number of nitrogens with one attached hydrogen (secondary N) is 2. The van der Waals surface area contributed by atoms with E-state index in [0.717, 1.165) is 19.3 Å². The van der Waals surface area contributed by atoms with E-state index in [9.17, 15) is 18.8 Å². The van der Waals surface area contributed by atoms with Crippen LogP contribution in [0.4, 0.5) is 10.1 Å². The summed E-state index contributed by atoms with van der Waals surface area (Å²) in [7, 11) is 0. The van der Waals surface area contributed by atoms with Crippen LogP contribution in [0.5, 0.6) is 0 Å². The summed E-state index contributed by atoms with van der Waals surface area (Å²) in [6, 6.07) is 2.90. The number of ether oxygens (including phenoxy) is 1. The molecule has 3 amide bonds. The van der Waals surface area contributed by atoms with Gasteiger partial charge in [-0.15, -0.1) is 0 Å². The molecular formula is C28H35ClFN3O4. The van der Waals surface area contributed by atoms with Crippen molar-refractivity contribution in [3.8, 4) is 0 Å². The lowest BCUT2D eigenvalue weighted by atomic mass is 9.73. The van der Waals surface area contributed by atoms with Gasteiger partial charge in [0, 0.05) is 17.8 Å². The molecule has 37 heavy (non-hydrogen) atoms. The van der Waals surface area contributed by atoms with E-state index in [1.165, 1.54) is 18.2 Å². The Morgan fingerprint density at radius 1 is 1.27 bits per heavy atom. The fourth-order valence-electron chi connectivity index (χ4n) is 6.72. The van der Waals surface area contributed by atoms with Crippen molar-refractivity contribution in [2.45, 2.75) is 83.2 Å². The summed E-state index contributed by atoms with van der Waals surface area (Å²) in [4.78, 5) is 43.0. The van der Waals surface area contributed by atoms with E-state index >= 15 is 0 Å². The number of carbonyl (C=O) groups is 3. The van der Waals surface area contributed by atoms with Crippen LogP contribution < -0.4 is 10.6 Å². The summed E-state index contributed by atoms with van der Waals surface area (Å²) in [5.41, 5.74) is -0.877. The van der Waals surface area contributed by atoms with Gasteiger partial charge in [0.25, 0.3) is 0 Å². The zero-order valence-electron chi connectivity index (χ0n) is 21.7. The molecule has 0 aromatic heterocycles. The van der Waals surface area contributed by atoms with Crippen molar-refractivity contribution in [3.63, 3.8) is 0 Å². The highest BCUT2D eigenvalue weighted by molar-refractivity contribution is 6.31. The van der Waals surface area contributed by atoms with E-state index in [4.69, 9.17) is 16.3 Å². The normalized spacial score (nSPS) is 37.0. The molecule has 1 saturated carbocycles. The Labute approximate surface area is 222 Å². The number of likely N-dealkylation sites (tertiary alicyclic amines) is 1. The molecule has 9 heteroatoms. The molecule has 3 fully saturated rings. The Morgan fingerprint density at radius 3 is 2.73 bits per heavy atom. The predicted octanol–water partition coefficient (Wildman–Crippen LogP) is 4.31. The molecule has 4 aliphatic rings. The van der Waals surface area contributed by atoms with Crippen molar-refractivity contribution >= 4 is 35.0 Å². The third-order valence-corrected chi connectivity index (χ3v) is 9.44. The van der Waals surface area contributed by atoms with Crippen molar-refractivity contribution in [3.05, 3.63) is 41.2 Å². The standard InChI is InChI=1S/C28H35ClFN3O4/c1-5-15(3)33-24(26(35)32-20-8-6-7-14(2)16(20)4)28-12-11-21(37-28)22(23(28)27(33)36)25(34)31-17-9-10-19(30)18(29)13-17/h9-16,20-24H,5-8H2,1-4H3,(H,31,34)(H,32,35)/t14-,15-,16+,20+,21+,22+,23+,24-,28-/m0/s1. The lowest BCUT2D eigenvalue weighted by Gasteiger charge is -2.39. The topological polar surface area (TPSA) is 87.7 Å². The van der Waals surface area contributed by atoms with Crippen LogP contribution in [-0.4, -0.2) is 52.5 Å². The van der Waals surface area contributed by atoms with E-state index < -0.39 is 41.3 Å². The first-order chi connectivity index (χ1) is 17.6. The molecule has 9 atom stereocenters. The van der Waals surface area contributed by atoms with Crippen molar-refractivity contribution in [1.29, 1.82) is 0 Å². The van der Waals surface area contributed by atoms with Crippen LogP contribution in [0.3, 0.4) is 0 Å². The third-order valence-electron chi connectivity index (χ3n) is 9.15. The number of rotatable bonds is 6. The number of nitrogens with zero attached hydrogens (tertiary/aromatic N) is 1. The molecule has 3 aliphatic heterocycles. The first kappa shape index (κ1) is 26.2. The van der Waals surface area contributed by atoms with Gasteiger partial charge in [-0.05, 0) is 49.8 Å². The van der Waals surface area contributed by atoms with Gasteiger partial charge in [-0.2, -0.15) is 0 Å². The van der Waals surface area contributed by atoms with Gasteiger partial charge in [0.05, 0.1) is 23.0 Å². The lowest BCUT2D eigenvalue weighted by Crippen LogP contribution is -2.59. The minimum Gasteiger partial charge on any atom is -0.359 e. The zero-order chi connectivity index (χ0) is 26.6. The quantitative estimate of drug-likeness (QED) is 0.536. The van der Waals surface area contributed by atoms with Crippen LogP contribution in [0, 0.1) is 29.5 Å². The highest BCUT2D eigenvalue weighted by Gasteiger charge is 2.73. The number of halogens is 2. The molecule has 2 saturated heterocycles. The summed E-state index contributed by atoms with van der Waals surface area (Å²) in [6.07, 6.45) is 6.74. The van der Waals surface area contributed by atoms with E-state index in [1.807, 2.05) is 19.9 Å². The van der Waals surface area contributed by atoms with Gasteiger partial charge < -0.3 is 20.3 Å². The Balaban J connectivity index is 1.45. The molecule has 200 valence electrons. The number of fused-ring (bicyclic) bond motifs is 1. The van der Waals surface area contributed by atoms with E-state index in [0.29, 0.717) is 23.9 Å². The molecule has 3 heterocycles. The molecule has 1 aromatic rings. The number of carbonyl (C=O) groups excluding carboxylic acids is 3. The molecule has 1 aliphatic carbocycles. The van der Waals surface area contributed by atoms with Crippen LogP contribution in [0.15, 0.2) is 30.4 Å². The Hall–Kier alpha value is -2.45. The number of benzene rings is 1. The zero-order valence-corrected chi connectivity index (χ0v) is 22.4. The molecule has 2 N–H and O–H groups in total. The van der Waals surface area contributed by atoms with Crippen molar-refractivity contribution < 1.29 is 23.5 Å². The van der Waals surface area contributed by atoms with Crippen LogP contribution in [0.25, 0.3) is 0 Å². The van der Waals surface area contributed by atoms with Crippen molar-refractivity contribution in [2.75, 3.05) is 5.32 Å². The highest BCUT2D eigenvalue weighted by atomic mass is 35.5. The SMILES string of the molecule is CC[C@H](C)N1C(=O)[C@H]2[C@H](C(=O)Nc3ccc(F)c(Cl)c3)[C@H]3C=C[C@@]2(O3)[C@@H]1C(=O)N[C@@H]1CCC[C@H](C)[C@H]1C. The summed E-state index contributed by atoms with van der Waals surface area (Å²) < 4.78 is 20.0. The Bertz CT molecular complexity index is 1140. The molecule has 5 rings (SSSR count). The van der Waals surface area contributed by atoms with Gasteiger partial charge in [-0.1, -0.05) is 57.4 Å². The maximum absolute atomic E-state index is 13.9. The molecule has 1 spiro atoms. The van der Waals surface area contributed by atoms with Gasteiger partial charge in [0.2, 0.25) is 17.7 Å². The lowest BCUT2D eigenvalue weighted by molar-refractivity contribution is -0.144. The van der Waals surface area contributed by atoms with Gasteiger partial charge >= 0.3 is 0 Å². The van der Waals surface area contributed by atoms with Gasteiger partial charge in [-0.3, -0.25) is 14.4 Å². The smallest absolute Gasteiger partial charge is 0.246 e. The second kappa shape index (κ2) is 9.70. The van der Waals surface area contributed by atoms with E-state index in [1.54, 1.807) is 11.0 Å². The number of hydrogen-bond donors (Lipinski definition) is 2. The molecule has 0 unspecified atom stereocenters. The summed E-state index contributed by atoms with van der Waals surface area (Å²) in [6.45, 7) is 8.28. The van der Waals surface area contributed by atoms with Crippen LogP contribution in [0.2, 0.25) is 5.02 Å². The average Bonchev–Trinajstić information content (AvgIpc) is 3.51. The molecular weight excluding hydrogens is 497 g/mol. The van der Waals surface area contributed by atoms with Crippen LogP contribution >= 0.6 is 11.6 Å². The fourth-order valence-corrected chi connectivity index (χ4v) is 6.90. The molecule has 7 nitrogen and oxygen atoms in total. The average molecular weight is 532 g/mol. The fraction of sp³-hybridized carbons (Fsp3) is 0.607. The van der Waals surface area contributed by atoms with Crippen LogP contribution in [0.1, 0.15) is 53.4 Å². The molecule has 1 aromatic carbocycles. The minimum absolute atomic E-state index is 0.0329. The summed E-state index contributed by atoms with van der Waals surface area (Å²) in [5, 5.41) is 5.92. The van der Waals surface area contributed by atoms with Gasteiger partial charge in [-0.25, -0.2) is 4.39 Å². The summed E-state index contributed by atoms with van der Waals surface area (Å²) in [5.74, 6) is -2.29. The van der Waals surface area contributed by atoms with E-state index in [-0.39, 0.29) is 28.9 Å². The Kier molecular flexibility index (Phi) is 6.86. The monoisotopic (exact) mass is 531 g/mol.